The fourth-order valence-electron chi connectivity index (χ4n) is 2.54. The maximum atomic E-state index is 12.5. The quantitative estimate of drug-likeness (QED) is 0.828. The predicted molar refractivity (Wildman–Crippen MR) is 80.1 cm³/mol. The van der Waals surface area contributed by atoms with Gasteiger partial charge in [-0.3, -0.25) is 10.1 Å². The summed E-state index contributed by atoms with van der Waals surface area (Å²) in [4.78, 5) is 15.8. The zero-order chi connectivity index (χ0) is 13.7. The van der Waals surface area contributed by atoms with Gasteiger partial charge in [0.25, 0.3) is 0 Å². The summed E-state index contributed by atoms with van der Waals surface area (Å²) in [5.74, 6) is 0.292. The highest BCUT2D eigenvalue weighted by molar-refractivity contribution is 7.10. The van der Waals surface area contributed by atoms with Gasteiger partial charge in [0.15, 0.2) is 0 Å². The Kier molecular flexibility index (Phi) is 5.40. The molecule has 0 aliphatic carbocycles. The molecule has 2 rings (SSSR count). The summed E-state index contributed by atoms with van der Waals surface area (Å²) in [5.41, 5.74) is 0. The predicted octanol–water partition coefficient (Wildman–Crippen LogP) is 3.54. The number of rotatable bonds is 7. The van der Waals surface area contributed by atoms with Gasteiger partial charge in [-0.05, 0) is 24.3 Å². The van der Waals surface area contributed by atoms with Crippen LogP contribution in [-0.2, 0) is 4.79 Å². The average Bonchev–Trinajstić information content (AvgIpc) is 3.03. The highest BCUT2D eigenvalue weighted by Crippen LogP contribution is 2.30. The molecule has 0 saturated carbocycles. The van der Waals surface area contributed by atoms with E-state index in [1.807, 2.05) is 4.90 Å². The lowest BCUT2D eigenvalue weighted by Crippen LogP contribution is -2.31. The zero-order valence-electron chi connectivity index (χ0n) is 11.9. The van der Waals surface area contributed by atoms with Crippen LogP contribution in [-0.4, -0.2) is 23.4 Å². The Labute approximate surface area is 120 Å². The van der Waals surface area contributed by atoms with Gasteiger partial charge < -0.3 is 4.90 Å². The number of nitrogens with zero attached hydrogens (tertiary/aromatic N) is 1. The molecule has 3 nitrogen and oxygen atoms in total. The van der Waals surface area contributed by atoms with Gasteiger partial charge in [0, 0.05) is 11.4 Å². The van der Waals surface area contributed by atoms with Gasteiger partial charge in [-0.15, -0.1) is 11.3 Å². The lowest BCUT2D eigenvalue weighted by atomic mass is 10.1. The molecule has 2 atom stereocenters. The van der Waals surface area contributed by atoms with Crippen LogP contribution in [0.4, 0.5) is 0 Å². The maximum Gasteiger partial charge on any atom is 0.241 e. The van der Waals surface area contributed by atoms with E-state index >= 15 is 0 Å². The topological polar surface area (TPSA) is 32.3 Å². The van der Waals surface area contributed by atoms with Gasteiger partial charge >= 0.3 is 0 Å². The van der Waals surface area contributed by atoms with Gasteiger partial charge in [-0.1, -0.05) is 39.2 Å². The van der Waals surface area contributed by atoms with Crippen molar-refractivity contribution in [2.45, 2.75) is 58.2 Å². The standard InChI is InChI=1S/C15H24N2OS/c1-3-5-8-12-15(18)17(10-6-4-2)14(16-12)13-9-7-11-19-13/h7,9,11-12,14,16H,3-6,8,10H2,1-2H3. The van der Waals surface area contributed by atoms with Crippen molar-refractivity contribution in [2.24, 2.45) is 0 Å². The van der Waals surface area contributed by atoms with Crippen molar-refractivity contribution in [2.75, 3.05) is 6.54 Å². The minimum absolute atomic E-state index is 0.0175. The van der Waals surface area contributed by atoms with Crippen molar-refractivity contribution in [3.05, 3.63) is 22.4 Å². The normalized spacial score (nSPS) is 23.3. The second-order valence-corrected chi connectivity index (χ2v) is 6.14. The fraction of sp³-hybridized carbons (Fsp3) is 0.667. The molecule has 1 aromatic rings. The number of nitrogens with one attached hydrogen (secondary N) is 1. The highest BCUT2D eigenvalue weighted by atomic mass is 32.1. The third-order valence-electron chi connectivity index (χ3n) is 3.66. The monoisotopic (exact) mass is 280 g/mol. The van der Waals surface area contributed by atoms with Crippen LogP contribution in [0.15, 0.2) is 17.5 Å². The number of amides is 1. The molecule has 0 radical (unpaired) electrons. The van der Waals surface area contributed by atoms with Crippen LogP contribution >= 0.6 is 11.3 Å². The third-order valence-corrected chi connectivity index (χ3v) is 4.59. The average molecular weight is 280 g/mol. The molecule has 1 aliphatic heterocycles. The molecule has 19 heavy (non-hydrogen) atoms. The van der Waals surface area contributed by atoms with E-state index < -0.39 is 0 Å². The summed E-state index contributed by atoms with van der Waals surface area (Å²) in [6.07, 6.45) is 5.52. The van der Waals surface area contributed by atoms with Crippen molar-refractivity contribution >= 4 is 17.2 Å². The van der Waals surface area contributed by atoms with Crippen LogP contribution in [0.25, 0.3) is 0 Å². The van der Waals surface area contributed by atoms with Crippen LogP contribution in [0.1, 0.15) is 57.0 Å². The summed E-state index contributed by atoms with van der Waals surface area (Å²) in [7, 11) is 0. The van der Waals surface area contributed by atoms with Crippen molar-refractivity contribution in [3.8, 4) is 0 Å². The van der Waals surface area contributed by atoms with E-state index in [1.165, 1.54) is 4.88 Å². The lowest BCUT2D eigenvalue weighted by Gasteiger charge is -2.23. The van der Waals surface area contributed by atoms with Crippen molar-refractivity contribution in [1.82, 2.24) is 10.2 Å². The molecule has 4 heteroatoms. The Morgan fingerprint density at radius 3 is 2.74 bits per heavy atom. The molecule has 0 bridgehead atoms. The van der Waals surface area contributed by atoms with Gasteiger partial charge in [0.05, 0.1) is 6.04 Å². The minimum Gasteiger partial charge on any atom is -0.321 e. The first-order valence-electron chi connectivity index (χ1n) is 7.37. The van der Waals surface area contributed by atoms with E-state index in [4.69, 9.17) is 0 Å². The van der Waals surface area contributed by atoms with Gasteiger partial charge in [-0.25, -0.2) is 0 Å². The first-order valence-corrected chi connectivity index (χ1v) is 8.25. The second kappa shape index (κ2) is 7.06. The molecule has 1 N–H and O–H groups in total. The summed E-state index contributed by atoms with van der Waals surface area (Å²) >= 11 is 1.73. The van der Waals surface area contributed by atoms with Gasteiger partial charge in [-0.2, -0.15) is 0 Å². The second-order valence-electron chi connectivity index (χ2n) is 5.16. The smallest absolute Gasteiger partial charge is 0.241 e. The molecular formula is C15H24N2OS. The maximum absolute atomic E-state index is 12.5. The molecule has 1 fully saturated rings. The fourth-order valence-corrected chi connectivity index (χ4v) is 3.34. The Bertz CT molecular complexity index is 391. The van der Waals surface area contributed by atoms with Crippen LogP contribution < -0.4 is 5.32 Å². The Hall–Kier alpha value is -0.870. The Morgan fingerprint density at radius 2 is 2.11 bits per heavy atom. The summed E-state index contributed by atoms with van der Waals surface area (Å²) in [5, 5.41) is 5.61. The molecule has 0 aromatic carbocycles. The van der Waals surface area contributed by atoms with Crippen LogP contribution in [0.5, 0.6) is 0 Å². The van der Waals surface area contributed by atoms with Crippen LogP contribution in [0.3, 0.4) is 0 Å². The molecule has 106 valence electrons. The molecular weight excluding hydrogens is 256 g/mol. The molecule has 2 heterocycles. The van der Waals surface area contributed by atoms with E-state index in [2.05, 4.69) is 36.7 Å². The molecule has 2 unspecified atom stereocenters. The molecule has 1 aromatic heterocycles. The van der Waals surface area contributed by atoms with E-state index in [9.17, 15) is 4.79 Å². The van der Waals surface area contributed by atoms with Crippen molar-refractivity contribution in [1.29, 1.82) is 0 Å². The van der Waals surface area contributed by atoms with Crippen molar-refractivity contribution < 1.29 is 4.79 Å². The molecule has 1 amide bonds. The van der Waals surface area contributed by atoms with Crippen LogP contribution in [0.2, 0.25) is 0 Å². The third kappa shape index (κ3) is 3.37. The SMILES string of the molecule is CCCCC1NC(c2cccs2)N(CCCC)C1=O. The zero-order valence-corrected chi connectivity index (χ0v) is 12.7. The largest absolute Gasteiger partial charge is 0.321 e. The number of hydrogen-bond donors (Lipinski definition) is 1. The van der Waals surface area contributed by atoms with Crippen LogP contribution in [0, 0.1) is 0 Å². The molecule has 0 spiro atoms. The molecule has 1 saturated heterocycles. The first-order chi connectivity index (χ1) is 9.27. The number of thiophene rings is 1. The van der Waals surface area contributed by atoms with E-state index in [1.54, 1.807) is 11.3 Å². The first kappa shape index (κ1) is 14.5. The highest BCUT2D eigenvalue weighted by Gasteiger charge is 2.38. The van der Waals surface area contributed by atoms with E-state index in [0.29, 0.717) is 5.91 Å². The van der Waals surface area contributed by atoms with E-state index in [-0.39, 0.29) is 12.2 Å². The number of unbranched alkanes of at least 4 members (excludes halogenated alkanes) is 2. The van der Waals surface area contributed by atoms with Gasteiger partial charge in [0.2, 0.25) is 5.91 Å². The number of carbonyl (C=O) groups excluding carboxylic acids is 1. The van der Waals surface area contributed by atoms with E-state index in [0.717, 1.165) is 38.6 Å². The lowest BCUT2D eigenvalue weighted by molar-refractivity contribution is -0.130. The Morgan fingerprint density at radius 1 is 1.32 bits per heavy atom. The summed E-state index contributed by atoms with van der Waals surface area (Å²) in [6, 6.07) is 4.20. The minimum atomic E-state index is 0.0175. The summed E-state index contributed by atoms with van der Waals surface area (Å²) in [6.45, 7) is 5.21. The molecule has 1 aliphatic rings. The number of carbonyl (C=O) groups is 1. The summed E-state index contributed by atoms with van der Waals surface area (Å²) < 4.78 is 0. The Balaban J connectivity index is 2.08. The van der Waals surface area contributed by atoms with Crippen molar-refractivity contribution in [3.63, 3.8) is 0 Å². The number of hydrogen-bond acceptors (Lipinski definition) is 3. The van der Waals surface area contributed by atoms with Gasteiger partial charge in [0.1, 0.15) is 6.17 Å².